The summed E-state index contributed by atoms with van der Waals surface area (Å²) in [5, 5.41) is 0. The molecule has 0 aliphatic carbocycles. The Labute approximate surface area is 104 Å². The van der Waals surface area contributed by atoms with Gasteiger partial charge in [0.05, 0.1) is 12.5 Å². The number of benzene rings is 1. The van der Waals surface area contributed by atoms with Crippen LogP contribution in [0.4, 0.5) is 0 Å². The number of carbonyl (C=O) groups excluding carboxylic acids is 1. The van der Waals surface area contributed by atoms with Crippen LogP contribution in [0.5, 0.6) is 0 Å². The molecule has 0 N–H and O–H groups in total. The van der Waals surface area contributed by atoms with Crippen LogP contribution in [-0.2, 0) is 9.53 Å². The number of ether oxygens (including phenoxy) is 1. The van der Waals surface area contributed by atoms with Gasteiger partial charge in [-0.2, -0.15) is 0 Å². The number of rotatable bonds is 6. The minimum absolute atomic E-state index is 0.0978. The van der Waals surface area contributed by atoms with Crippen LogP contribution >= 0.6 is 0 Å². The van der Waals surface area contributed by atoms with Gasteiger partial charge in [0.1, 0.15) is 0 Å². The molecule has 1 aromatic rings. The number of hydrogen-bond acceptors (Lipinski definition) is 2. The van der Waals surface area contributed by atoms with Crippen molar-refractivity contribution in [2.24, 2.45) is 5.92 Å². The third-order valence-corrected chi connectivity index (χ3v) is 2.83. The lowest BCUT2D eigenvalue weighted by molar-refractivity contribution is -0.145. The molecule has 0 radical (unpaired) electrons. The lowest BCUT2D eigenvalue weighted by atomic mass is 9.97. The molecule has 0 amide bonds. The Morgan fingerprint density at radius 1 is 1.24 bits per heavy atom. The monoisotopic (exact) mass is 234 g/mol. The van der Waals surface area contributed by atoms with Gasteiger partial charge in [-0.1, -0.05) is 51.1 Å². The van der Waals surface area contributed by atoms with E-state index in [9.17, 15) is 4.79 Å². The van der Waals surface area contributed by atoms with E-state index in [1.807, 2.05) is 37.3 Å². The Morgan fingerprint density at radius 3 is 2.41 bits per heavy atom. The van der Waals surface area contributed by atoms with Gasteiger partial charge in [-0.15, -0.1) is 0 Å². The molecule has 0 spiro atoms. The highest BCUT2D eigenvalue weighted by Gasteiger charge is 2.19. The standard InChI is InChI=1S/C15H22O2/c1-4-14(13-8-6-5-7-9-13)15(16)17-11-10-12(2)3/h5-9,12,14H,4,10-11H2,1-3H3. The first kappa shape index (κ1) is 13.8. The van der Waals surface area contributed by atoms with Crippen molar-refractivity contribution >= 4 is 5.97 Å². The Balaban J connectivity index is 2.53. The van der Waals surface area contributed by atoms with E-state index in [4.69, 9.17) is 4.74 Å². The molecule has 0 aliphatic heterocycles. The Bertz CT molecular complexity index is 330. The van der Waals surface area contributed by atoms with Gasteiger partial charge in [-0.05, 0) is 24.3 Å². The molecular formula is C15H22O2. The van der Waals surface area contributed by atoms with Crippen LogP contribution in [0.3, 0.4) is 0 Å². The molecule has 1 atom stereocenters. The molecule has 1 aromatic carbocycles. The van der Waals surface area contributed by atoms with Crippen molar-refractivity contribution in [3.05, 3.63) is 35.9 Å². The van der Waals surface area contributed by atoms with Crippen LogP contribution in [0.1, 0.15) is 45.1 Å². The van der Waals surface area contributed by atoms with Crippen molar-refractivity contribution in [3.63, 3.8) is 0 Å². The van der Waals surface area contributed by atoms with Crippen LogP contribution < -0.4 is 0 Å². The maximum Gasteiger partial charge on any atom is 0.313 e. The maximum absolute atomic E-state index is 11.9. The zero-order chi connectivity index (χ0) is 12.7. The van der Waals surface area contributed by atoms with Gasteiger partial charge < -0.3 is 4.74 Å². The SMILES string of the molecule is CCC(C(=O)OCCC(C)C)c1ccccc1. The second-order valence-corrected chi connectivity index (χ2v) is 4.72. The average molecular weight is 234 g/mol. The van der Waals surface area contributed by atoms with Gasteiger partial charge >= 0.3 is 5.97 Å². The van der Waals surface area contributed by atoms with E-state index in [2.05, 4.69) is 13.8 Å². The molecule has 1 unspecified atom stereocenters. The van der Waals surface area contributed by atoms with Gasteiger partial charge in [0, 0.05) is 0 Å². The summed E-state index contributed by atoms with van der Waals surface area (Å²) in [7, 11) is 0. The summed E-state index contributed by atoms with van der Waals surface area (Å²) in [5.74, 6) is 0.349. The van der Waals surface area contributed by atoms with Crippen LogP contribution in [0.25, 0.3) is 0 Å². The van der Waals surface area contributed by atoms with Gasteiger partial charge in [0.15, 0.2) is 0 Å². The fraction of sp³-hybridized carbons (Fsp3) is 0.533. The highest BCUT2D eigenvalue weighted by Crippen LogP contribution is 2.20. The third-order valence-electron chi connectivity index (χ3n) is 2.83. The van der Waals surface area contributed by atoms with Crippen molar-refractivity contribution in [2.75, 3.05) is 6.61 Å². The fourth-order valence-corrected chi connectivity index (χ4v) is 1.72. The predicted molar refractivity (Wildman–Crippen MR) is 69.9 cm³/mol. The lowest BCUT2D eigenvalue weighted by Gasteiger charge is -2.15. The smallest absolute Gasteiger partial charge is 0.313 e. The van der Waals surface area contributed by atoms with E-state index < -0.39 is 0 Å². The molecule has 17 heavy (non-hydrogen) atoms. The molecule has 94 valence electrons. The largest absolute Gasteiger partial charge is 0.465 e. The minimum Gasteiger partial charge on any atom is -0.465 e. The summed E-state index contributed by atoms with van der Waals surface area (Å²) in [5.41, 5.74) is 1.05. The van der Waals surface area contributed by atoms with Crippen molar-refractivity contribution in [1.29, 1.82) is 0 Å². The van der Waals surface area contributed by atoms with Crippen LogP contribution in [0, 0.1) is 5.92 Å². The molecule has 0 fully saturated rings. The average Bonchev–Trinajstić information content (AvgIpc) is 2.31. The van der Waals surface area contributed by atoms with E-state index in [1.165, 1.54) is 0 Å². The number of hydrogen-bond donors (Lipinski definition) is 0. The molecule has 0 aliphatic rings. The molecular weight excluding hydrogens is 212 g/mol. The molecule has 1 rings (SSSR count). The number of esters is 1. The first-order valence-corrected chi connectivity index (χ1v) is 6.36. The highest BCUT2D eigenvalue weighted by atomic mass is 16.5. The topological polar surface area (TPSA) is 26.3 Å². The second-order valence-electron chi connectivity index (χ2n) is 4.72. The van der Waals surface area contributed by atoms with Crippen molar-refractivity contribution < 1.29 is 9.53 Å². The summed E-state index contributed by atoms with van der Waals surface area (Å²) in [6.07, 6.45) is 1.71. The van der Waals surface area contributed by atoms with E-state index in [1.54, 1.807) is 0 Å². The summed E-state index contributed by atoms with van der Waals surface area (Å²) >= 11 is 0. The summed E-state index contributed by atoms with van der Waals surface area (Å²) in [6, 6.07) is 9.84. The summed E-state index contributed by atoms with van der Waals surface area (Å²) in [6.45, 7) is 6.80. The Morgan fingerprint density at radius 2 is 1.88 bits per heavy atom. The van der Waals surface area contributed by atoms with Gasteiger partial charge in [0.2, 0.25) is 0 Å². The van der Waals surface area contributed by atoms with E-state index in [-0.39, 0.29) is 11.9 Å². The first-order chi connectivity index (χ1) is 8.15. The summed E-state index contributed by atoms with van der Waals surface area (Å²) < 4.78 is 5.32. The molecule has 0 saturated heterocycles. The van der Waals surface area contributed by atoms with Crippen molar-refractivity contribution in [3.8, 4) is 0 Å². The molecule has 0 saturated carbocycles. The second kappa shape index (κ2) is 7.10. The van der Waals surface area contributed by atoms with Crippen LogP contribution in [-0.4, -0.2) is 12.6 Å². The van der Waals surface area contributed by atoms with Crippen LogP contribution in [0.2, 0.25) is 0 Å². The quantitative estimate of drug-likeness (QED) is 0.700. The fourth-order valence-electron chi connectivity index (χ4n) is 1.72. The van der Waals surface area contributed by atoms with Crippen molar-refractivity contribution in [2.45, 2.75) is 39.5 Å². The predicted octanol–water partition coefficient (Wildman–Crippen LogP) is 3.77. The third kappa shape index (κ3) is 4.59. The normalized spacial score (nSPS) is 12.5. The van der Waals surface area contributed by atoms with Gasteiger partial charge in [-0.3, -0.25) is 4.79 Å². The van der Waals surface area contributed by atoms with Gasteiger partial charge in [0.25, 0.3) is 0 Å². The Kier molecular flexibility index (Phi) is 5.75. The zero-order valence-corrected chi connectivity index (χ0v) is 11.0. The molecule has 0 aromatic heterocycles. The maximum atomic E-state index is 11.9. The van der Waals surface area contributed by atoms with E-state index in [0.29, 0.717) is 12.5 Å². The van der Waals surface area contributed by atoms with E-state index in [0.717, 1.165) is 18.4 Å². The molecule has 0 heterocycles. The molecule has 0 bridgehead atoms. The molecule has 2 nitrogen and oxygen atoms in total. The van der Waals surface area contributed by atoms with Crippen LogP contribution in [0.15, 0.2) is 30.3 Å². The first-order valence-electron chi connectivity index (χ1n) is 6.36. The lowest BCUT2D eigenvalue weighted by Crippen LogP contribution is -2.16. The summed E-state index contributed by atoms with van der Waals surface area (Å²) in [4.78, 5) is 11.9. The minimum atomic E-state index is -0.122. The zero-order valence-electron chi connectivity index (χ0n) is 11.0. The number of carbonyl (C=O) groups is 1. The van der Waals surface area contributed by atoms with Crippen molar-refractivity contribution in [1.82, 2.24) is 0 Å². The Hall–Kier alpha value is -1.31. The van der Waals surface area contributed by atoms with Gasteiger partial charge in [-0.25, -0.2) is 0 Å². The molecule has 2 heteroatoms. The highest BCUT2D eigenvalue weighted by molar-refractivity contribution is 5.78. The van der Waals surface area contributed by atoms with E-state index >= 15 is 0 Å².